The number of halogens is 1. The third kappa shape index (κ3) is 7.25. The molecule has 0 aromatic heterocycles. The zero-order chi connectivity index (χ0) is 13.9. The molecule has 1 N–H and O–H groups in total. The maximum atomic E-state index is 12.9. The minimum atomic E-state index is -0.164. The number of ether oxygens (including phenoxy) is 2. The van der Waals surface area contributed by atoms with Crippen molar-refractivity contribution < 1.29 is 13.9 Å². The summed E-state index contributed by atoms with van der Waals surface area (Å²) >= 11 is 0. The Kier molecular flexibility index (Phi) is 8.38. The Morgan fingerprint density at radius 3 is 2.74 bits per heavy atom. The second-order valence-corrected chi connectivity index (χ2v) is 4.53. The molecule has 0 saturated carbocycles. The van der Waals surface area contributed by atoms with E-state index in [4.69, 9.17) is 9.47 Å². The number of benzene rings is 1. The van der Waals surface area contributed by atoms with Crippen molar-refractivity contribution in [2.75, 3.05) is 40.0 Å². The van der Waals surface area contributed by atoms with Crippen LogP contribution in [0.5, 0.6) is 0 Å². The lowest BCUT2D eigenvalue weighted by atomic mass is 10.1. The van der Waals surface area contributed by atoms with Crippen molar-refractivity contribution in [1.82, 2.24) is 5.32 Å². The molecular weight excluding hydrogens is 245 g/mol. The van der Waals surface area contributed by atoms with E-state index in [1.165, 1.54) is 11.6 Å². The molecule has 0 amide bonds. The van der Waals surface area contributed by atoms with Gasteiger partial charge in [-0.25, -0.2) is 4.39 Å². The summed E-state index contributed by atoms with van der Waals surface area (Å²) in [5.74, 6) is -0.164. The van der Waals surface area contributed by atoms with Crippen molar-refractivity contribution in [3.8, 4) is 0 Å². The second kappa shape index (κ2) is 9.89. The summed E-state index contributed by atoms with van der Waals surface area (Å²) in [5.41, 5.74) is 2.22. The van der Waals surface area contributed by atoms with Gasteiger partial charge in [-0.3, -0.25) is 0 Å². The van der Waals surface area contributed by atoms with Gasteiger partial charge in [-0.1, -0.05) is 6.07 Å². The molecule has 0 aliphatic heterocycles. The molecule has 0 unspecified atom stereocenters. The molecule has 0 heterocycles. The lowest BCUT2D eigenvalue weighted by molar-refractivity contribution is 0.0695. The van der Waals surface area contributed by atoms with Gasteiger partial charge in [-0.2, -0.15) is 0 Å². The van der Waals surface area contributed by atoms with Crippen molar-refractivity contribution in [2.45, 2.75) is 19.8 Å². The molecule has 3 nitrogen and oxygen atoms in total. The first-order valence-corrected chi connectivity index (χ1v) is 6.76. The largest absolute Gasteiger partial charge is 0.382 e. The van der Waals surface area contributed by atoms with Crippen LogP contribution < -0.4 is 5.32 Å². The van der Waals surface area contributed by atoms with E-state index in [2.05, 4.69) is 5.32 Å². The lowest BCUT2D eigenvalue weighted by Crippen LogP contribution is -2.20. The van der Waals surface area contributed by atoms with Gasteiger partial charge in [0, 0.05) is 13.7 Å². The van der Waals surface area contributed by atoms with Gasteiger partial charge in [-0.05, 0) is 56.1 Å². The maximum Gasteiger partial charge on any atom is 0.123 e. The van der Waals surface area contributed by atoms with Crippen molar-refractivity contribution >= 4 is 0 Å². The van der Waals surface area contributed by atoms with Crippen LogP contribution in [-0.2, 0) is 15.9 Å². The van der Waals surface area contributed by atoms with Crippen LogP contribution in [-0.4, -0.2) is 40.0 Å². The zero-order valence-electron chi connectivity index (χ0n) is 11.9. The molecule has 0 spiro atoms. The first kappa shape index (κ1) is 16.1. The Labute approximate surface area is 115 Å². The van der Waals surface area contributed by atoms with Crippen molar-refractivity contribution in [3.05, 3.63) is 35.1 Å². The number of hydrogen-bond donors (Lipinski definition) is 1. The number of hydrogen-bond acceptors (Lipinski definition) is 3. The Balaban J connectivity index is 2.01. The minimum Gasteiger partial charge on any atom is -0.382 e. The van der Waals surface area contributed by atoms with E-state index in [0.717, 1.165) is 38.1 Å². The van der Waals surface area contributed by atoms with Gasteiger partial charge >= 0.3 is 0 Å². The molecule has 0 radical (unpaired) electrons. The summed E-state index contributed by atoms with van der Waals surface area (Å²) in [6.45, 7) is 5.86. The fraction of sp³-hybridized carbons (Fsp3) is 0.600. The van der Waals surface area contributed by atoms with Crippen molar-refractivity contribution in [2.24, 2.45) is 0 Å². The second-order valence-electron chi connectivity index (χ2n) is 4.53. The molecule has 0 atom stereocenters. The summed E-state index contributed by atoms with van der Waals surface area (Å²) in [6, 6.07) is 4.96. The molecule has 1 aromatic carbocycles. The Bertz CT molecular complexity index is 358. The average Bonchev–Trinajstić information content (AvgIpc) is 2.39. The van der Waals surface area contributed by atoms with E-state index >= 15 is 0 Å². The summed E-state index contributed by atoms with van der Waals surface area (Å²) in [5, 5.41) is 3.36. The smallest absolute Gasteiger partial charge is 0.123 e. The summed E-state index contributed by atoms with van der Waals surface area (Å²) < 4.78 is 23.2. The molecular formula is C15H24FNO2. The molecule has 0 aliphatic rings. The van der Waals surface area contributed by atoms with Crippen LogP contribution in [0.25, 0.3) is 0 Å². The predicted molar refractivity (Wildman–Crippen MR) is 75.0 cm³/mol. The van der Waals surface area contributed by atoms with Gasteiger partial charge in [0.2, 0.25) is 0 Å². The molecule has 0 bridgehead atoms. The van der Waals surface area contributed by atoms with Crippen LogP contribution in [0.2, 0.25) is 0 Å². The first-order chi connectivity index (χ1) is 9.24. The summed E-state index contributed by atoms with van der Waals surface area (Å²) in [6.07, 6.45) is 1.92. The molecule has 1 rings (SSSR count). The first-order valence-electron chi connectivity index (χ1n) is 6.76. The van der Waals surface area contributed by atoms with Gasteiger partial charge < -0.3 is 14.8 Å². The summed E-state index contributed by atoms with van der Waals surface area (Å²) in [4.78, 5) is 0. The van der Waals surface area contributed by atoms with E-state index < -0.39 is 0 Å². The third-order valence-electron chi connectivity index (χ3n) is 2.95. The topological polar surface area (TPSA) is 30.5 Å². The Morgan fingerprint density at radius 2 is 2.00 bits per heavy atom. The molecule has 1 aromatic rings. The van der Waals surface area contributed by atoms with E-state index in [1.54, 1.807) is 13.2 Å². The highest BCUT2D eigenvalue weighted by Gasteiger charge is 1.99. The van der Waals surface area contributed by atoms with Crippen LogP contribution >= 0.6 is 0 Å². The van der Waals surface area contributed by atoms with E-state index in [-0.39, 0.29) is 5.82 Å². The molecule has 0 fully saturated rings. The van der Waals surface area contributed by atoms with Crippen molar-refractivity contribution in [1.29, 1.82) is 0 Å². The molecule has 0 saturated heterocycles. The standard InChI is InChI=1S/C15H24FNO2/c1-13-12-15(16)5-4-14(13)6-8-17-7-3-9-19-11-10-18-2/h4-5,12,17H,3,6-11H2,1-2H3. The third-order valence-corrected chi connectivity index (χ3v) is 2.95. The molecule has 19 heavy (non-hydrogen) atoms. The molecule has 0 aliphatic carbocycles. The van der Waals surface area contributed by atoms with Gasteiger partial charge in [0.25, 0.3) is 0 Å². The number of aryl methyl sites for hydroxylation is 1. The van der Waals surface area contributed by atoms with Gasteiger partial charge in [-0.15, -0.1) is 0 Å². The highest BCUT2D eigenvalue weighted by atomic mass is 19.1. The zero-order valence-corrected chi connectivity index (χ0v) is 11.9. The van der Waals surface area contributed by atoms with Gasteiger partial charge in [0.05, 0.1) is 13.2 Å². The Morgan fingerprint density at radius 1 is 1.16 bits per heavy atom. The van der Waals surface area contributed by atoms with Gasteiger partial charge in [0.1, 0.15) is 5.82 Å². The number of methoxy groups -OCH3 is 1. The maximum absolute atomic E-state index is 12.9. The van der Waals surface area contributed by atoms with Crippen LogP contribution in [0.3, 0.4) is 0 Å². The quantitative estimate of drug-likeness (QED) is 0.661. The fourth-order valence-electron chi connectivity index (χ4n) is 1.83. The Hall–Kier alpha value is -0.970. The van der Waals surface area contributed by atoms with Crippen molar-refractivity contribution in [3.63, 3.8) is 0 Å². The van der Waals surface area contributed by atoms with E-state index in [0.29, 0.717) is 13.2 Å². The SMILES string of the molecule is COCCOCCCNCCc1ccc(F)cc1C. The van der Waals surface area contributed by atoms with E-state index in [9.17, 15) is 4.39 Å². The normalized spacial score (nSPS) is 10.9. The number of rotatable bonds is 10. The minimum absolute atomic E-state index is 0.164. The van der Waals surface area contributed by atoms with E-state index in [1.807, 2.05) is 13.0 Å². The van der Waals surface area contributed by atoms with Gasteiger partial charge in [0.15, 0.2) is 0 Å². The highest BCUT2D eigenvalue weighted by Crippen LogP contribution is 2.10. The fourth-order valence-corrected chi connectivity index (χ4v) is 1.83. The molecule has 108 valence electrons. The van der Waals surface area contributed by atoms with Crippen LogP contribution in [0.4, 0.5) is 4.39 Å². The summed E-state index contributed by atoms with van der Waals surface area (Å²) in [7, 11) is 1.67. The lowest BCUT2D eigenvalue weighted by Gasteiger charge is -2.08. The number of nitrogens with one attached hydrogen (secondary N) is 1. The van der Waals surface area contributed by atoms with Crippen LogP contribution in [0.1, 0.15) is 17.5 Å². The van der Waals surface area contributed by atoms with Crippen LogP contribution in [0, 0.1) is 12.7 Å². The highest BCUT2D eigenvalue weighted by molar-refractivity contribution is 5.26. The van der Waals surface area contributed by atoms with Crippen LogP contribution in [0.15, 0.2) is 18.2 Å². The monoisotopic (exact) mass is 269 g/mol. The average molecular weight is 269 g/mol. The predicted octanol–water partition coefficient (Wildman–Crippen LogP) is 2.32. The molecule has 4 heteroatoms.